The third kappa shape index (κ3) is 5.58. The molecule has 3 aromatic rings. The van der Waals surface area contributed by atoms with Gasteiger partial charge in [0.25, 0.3) is 5.91 Å². The normalized spacial score (nSPS) is 12.1. The van der Waals surface area contributed by atoms with Crippen molar-refractivity contribution in [2.45, 2.75) is 24.8 Å². The predicted octanol–water partition coefficient (Wildman–Crippen LogP) is 4.24. The Morgan fingerprint density at radius 3 is 2.29 bits per heavy atom. The summed E-state index contributed by atoms with van der Waals surface area (Å²) in [6.07, 6.45) is -0.155. The van der Waals surface area contributed by atoms with Gasteiger partial charge in [-0.2, -0.15) is 0 Å². The summed E-state index contributed by atoms with van der Waals surface area (Å²) < 4.78 is 29.2. The van der Waals surface area contributed by atoms with Crippen molar-refractivity contribution in [3.05, 3.63) is 95.1 Å². The number of sulfone groups is 1. The minimum atomic E-state index is -3.49. The Bertz CT molecular complexity index is 1220. The van der Waals surface area contributed by atoms with E-state index in [1.54, 1.807) is 30.3 Å². The van der Waals surface area contributed by atoms with Crippen LogP contribution in [0, 0.1) is 13.8 Å². The molecule has 0 saturated heterocycles. The number of hydrogen-bond acceptors (Lipinski definition) is 5. The Kier molecular flexibility index (Phi) is 6.56. The molecule has 0 aliphatic carbocycles. The summed E-state index contributed by atoms with van der Waals surface area (Å²) in [6, 6.07) is 19.9. The first kappa shape index (κ1) is 22.2. The van der Waals surface area contributed by atoms with Crippen molar-refractivity contribution in [1.82, 2.24) is 0 Å². The molecule has 1 N–H and O–H groups in total. The van der Waals surface area contributed by atoms with Gasteiger partial charge in [-0.1, -0.05) is 48.5 Å². The summed E-state index contributed by atoms with van der Waals surface area (Å²) in [5.41, 5.74) is 3.02. The van der Waals surface area contributed by atoms with Crippen LogP contribution >= 0.6 is 0 Å². The molecule has 1 unspecified atom stereocenters. The number of nitrogens with one attached hydrogen (secondary N) is 1. The molecule has 3 rings (SSSR count). The maximum absolute atomic E-state index is 13.1. The van der Waals surface area contributed by atoms with Gasteiger partial charge in [0.15, 0.2) is 9.84 Å². The van der Waals surface area contributed by atoms with Gasteiger partial charge >= 0.3 is 5.97 Å². The van der Waals surface area contributed by atoms with Crippen molar-refractivity contribution < 1.29 is 22.7 Å². The summed E-state index contributed by atoms with van der Waals surface area (Å²) in [4.78, 5) is 25.9. The quantitative estimate of drug-likeness (QED) is 0.583. The lowest BCUT2D eigenvalue weighted by atomic mass is 10.1. The van der Waals surface area contributed by atoms with E-state index < -0.39 is 27.8 Å². The van der Waals surface area contributed by atoms with Crippen molar-refractivity contribution in [3.8, 4) is 0 Å². The second-order valence-corrected chi connectivity index (χ2v) is 9.32. The number of carbonyl (C=O) groups excluding carboxylic acids is 2. The summed E-state index contributed by atoms with van der Waals surface area (Å²) >= 11 is 0. The molecular weight excluding hydrogens is 414 g/mol. The average molecular weight is 438 g/mol. The molecule has 0 bridgehead atoms. The van der Waals surface area contributed by atoms with Crippen LogP contribution in [0.25, 0.3) is 0 Å². The SMILES string of the molecule is Cc1ccc(C)c(NC(=O)C(OC(=O)c2cccc(S(C)(=O)=O)c2)c2ccccc2)c1. The number of rotatable bonds is 6. The number of benzene rings is 3. The van der Waals surface area contributed by atoms with Crippen molar-refractivity contribution in [1.29, 1.82) is 0 Å². The van der Waals surface area contributed by atoms with Crippen LogP contribution in [0.3, 0.4) is 0 Å². The lowest BCUT2D eigenvalue weighted by molar-refractivity contribution is -0.125. The van der Waals surface area contributed by atoms with Crippen LogP contribution in [0.5, 0.6) is 0 Å². The fourth-order valence-electron chi connectivity index (χ4n) is 3.00. The number of amides is 1. The van der Waals surface area contributed by atoms with Crippen molar-refractivity contribution in [2.24, 2.45) is 0 Å². The highest BCUT2D eigenvalue weighted by atomic mass is 32.2. The largest absolute Gasteiger partial charge is 0.444 e. The van der Waals surface area contributed by atoms with Crippen LogP contribution < -0.4 is 5.32 Å². The molecule has 0 saturated carbocycles. The van der Waals surface area contributed by atoms with Gasteiger partial charge in [-0.05, 0) is 49.2 Å². The Balaban J connectivity index is 1.91. The monoisotopic (exact) mass is 437 g/mol. The molecule has 1 atom stereocenters. The molecule has 160 valence electrons. The van der Waals surface area contributed by atoms with Gasteiger partial charge in [0.1, 0.15) is 0 Å². The van der Waals surface area contributed by atoms with Gasteiger partial charge in [0.05, 0.1) is 10.5 Å². The zero-order valence-electron chi connectivity index (χ0n) is 17.5. The average Bonchev–Trinajstić information content (AvgIpc) is 2.74. The molecule has 0 heterocycles. The number of esters is 1. The van der Waals surface area contributed by atoms with E-state index in [0.717, 1.165) is 17.4 Å². The summed E-state index contributed by atoms with van der Waals surface area (Å²) in [7, 11) is -3.49. The molecule has 0 aromatic heterocycles. The van der Waals surface area contributed by atoms with E-state index in [1.165, 1.54) is 24.3 Å². The van der Waals surface area contributed by atoms with E-state index in [2.05, 4.69) is 5.32 Å². The summed E-state index contributed by atoms with van der Waals surface area (Å²) in [6.45, 7) is 3.79. The number of aryl methyl sites for hydroxylation is 2. The Morgan fingerprint density at radius 1 is 0.903 bits per heavy atom. The number of hydrogen-bond donors (Lipinski definition) is 1. The maximum atomic E-state index is 13.1. The number of carbonyl (C=O) groups is 2. The van der Waals surface area contributed by atoms with E-state index in [9.17, 15) is 18.0 Å². The Morgan fingerprint density at radius 2 is 1.61 bits per heavy atom. The number of ether oxygens (including phenoxy) is 1. The zero-order valence-corrected chi connectivity index (χ0v) is 18.3. The molecule has 7 heteroatoms. The molecule has 0 aliphatic rings. The van der Waals surface area contributed by atoms with Gasteiger partial charge < -0.3 is 10.1 Å². The van der Waals surface area contributed by atoms with Crippen LogP contribution in [-0.2, 0) is 19.4 Å². The second-order valence-electron chi connectivity index (χ2n) is 7.30. The topological polar surface area (TPSA) is 89.5 Å². The van der Waals surface area contributed by atoms with Gasteiger partial charge in [0, 0.05) is 17.5 Å². The molecule has 0 radical (unpaired) electrons. The second kappa shape index (κ2) is 9.14. The third-order valence-corrected chi connectivity index (χ3v) is 5.82. The first-order valence-electron chi connectivity index (χ1n) is 9.59. The lowest BCUT2D eigenvalue weighted by Gasteiger charge is -2.19. The fourth-order valence-corrected chi connectivity index (χ4v) is 3.67. The molecule has 1 amide bonds. The van der Waals surface area contributed by atoms with Crippen molar-refractivity contribution >= 4 is 27.4 Å². The van der Waals surface area contributed by atoms with Gasteiger partial charge in [-0.3, -0.25) is 4.79 Å². The van der Waals surface area contributed by atoms with E-state index >= 15 is 0 Å². The van der Waals surface area contributed by atoms with Crippen LogP contribution in [0.15, 0.2) is 77.7 Å². The molecule has 3 aromatic carbocycles. The smallest absolute Gasteiger partial charge is 0.339 e. The van der Waals surface area contributed by atoms with Gasteiger partial charge in [0.2, 0.25) is 6.10 Å². The van der Waals surface area contributed by atoms with Crippen molar-refractivity contribution in [2.75, 3.05) is 11.6 Å². The van der Waals surface area contributed by atoms with Crippen LogP contribution in [0.4, 0.5) is 5.69 Å². The van der Waals surface area contributed by atoms with Crippen LogP contribution in [0.1, 0.15) is 33.2 Å². The fraction of sp³-hybridized carbons (Fsp3) is 0.167. The zero-order chi connectivity index (χ0) is 22.6. The molecule has 0 fully saturated rings. The molecular formula is C24H23NO5S. The summed E-state index contributed by atoms with van der Waals surface area (Å²) in [5, 5.41) is 2.83. The molecule has 31 heavy (non-hydrogen) atoms. The first-order chi connectivity index (χ1) is 14.6. The standard InChI is InChI=1S/C24H23NO5S/c1-16-12-13-17(2)21(14-16)25-23(26)22(18-8-5-4-6-9-18)30-24(27)19-10-7-11-20(15-19)31(3,28)29/h4-15,22H,1-3H3,(H,25,26). The van der Waals surface area contributed by atoms with Gasteiger partial charge in [-0.15, -0.1) is 0 Å². The van der Waals surface area contributed by atoms with E-state index in [4.69, 9.17) is 4.74 Å². The van der Waals surface area contributed by atoms with Crippen LogP contribution in [-0.4, -0.2) is 26.6 Å². The first-order valence-corrected chi connectivity index (χ1v) is 11.5. The van der Waals surface area contributed by atoms with Crippen molar-refractivity contribution in [3.63, 3.8) is 0 Å². The van der Waals surface area contributed by atoms with E-state index in [1.807, 2.05) is 32.0 Å². The lowest BCUT2D eigenvalue weighted by Crippen LogP contribution is -2.26. The minimum Gasteiger partial charge on any atom is -0.444 e. The minimum absolute atomic E-state index is 0.00181. The van der Waals surface area contributed by atoms with E-state index in [0.29, 0.717) is 11.3 Å². The highest BCUT2D eigenvalue weighted by molar-refractivity contribution is 7.90. The van der Waals surface area contributed by atoms with Crippen LogP contribution in [0.2, 0.25) is 0 Å². The predicted molar refractivity (Wildman–Crippen MR) is 119 cm³/mol. The number of anilines is 1. The third-order valence-electron chi connectivity index (χ3n) is 4.71. The maximum Gasteiger partial charge on any atom is 0.339 e. The molecule has 0 spiro atoms. The molecule has 0 aliphatic heterocycles. The van der Waals surface area contributed by atoms with E-state index in [-0.39, 0.29) is 10.5 Å². The summed E-state index contributed by atoms with van der Waals surface area (Å²) in [5.74, 6) is -1.30. The Labute approximate surface area is 181 Å². The molecule has 6 nitrogen and oxygen atoms in total. The van der Waals surface area contributed by atoms with Gasteiger partial charge in [-0.25, -0.2) is 13.2 Å². The Hall–Kier alpha value is -3.45. The highest BCUT2D eigenvalue weighted by Crippen LogP contribution is 2.24. The highest BCUT2D eigenvalue weighted by Gasteiger charge is 2.26.